The van der Waals surface area contributed by atoms with Crippen LogP contribution in [0.1, 0.15) is 18.4 Å². The first-order valence-electron chi connectivity index (χ1n) is 9.19. The number of fused-ring (bicyclic) bond motifs is 1. The summed E-state index contributed by atoms with van der Waals surface area (Å²) in [6.07, 6.45) is 1.03. The molecule has 3 rings (SSSR count). The number of para-hydroxylation sites is 2. The summed E-state index contributed by atoms with van der Waals surface area (Å²) in [5.41, 5.74) is 2.77. The minimum absolute atomic E-state index is 0.0575. The number of nitrogens with zero attached hydrogens (tertiary/aromatic N) is 2. The molecule has 0 unspecified atom stereocenters. The highest BCUT2D eigenvalue weighted by atomic mass is 16.5. The topological polar surface area (TPSA) is 65.3 Å². The van der Waals surface area contributed by atoms with Gasteiger partial charge in [0.2, 0.25) is 5.91 Å². The summed E-state index contributed by atoms with van der Waals surface area (Å²) in [5.74, 6) is -0.0575. The molecule has 0 radical (unpaired) electrons. The molecule has 0 atom stereocenters. The second kappa shape index (κ2) is 9.19. The van der Waals surface area contributed by atoms with E-state index < -0.39 is 0 Å². The van der Waals surface area contributed by atoms with Crippen LogP contribution in [-0.4, -0.2) is 28.2 Å². The van der Waals surface area contributed by atoms with Crippen LogP contribution in [0.4, 0.5) is 0 Å². The van der Waals surface area contributed by atoms with Crippen molar-refractivity contribution in [3.63, 3.8) is 0 Å². The first kappa shape index (κ1) is 18.9. The van der Waals surface area contributed by atoms with Gasteiger partial charge in [-0.15, -0.1) is 0 Å². The normalized spacial score (nSPS) is 11.0. The SMILES string of the molecule is Cn1c(=O)n(CCC(=O)NCCCOCc2ccccc2)c2ccccc21. The Morgan fingerprint density at radius 1 is 1.04 bits per heavy atom. The van der Waals surface area contributed by atoms with Crippen molar-refractivity contribution in [2.45, 2.75) is 26.0 Å². The molecular weight excluding hydrogens is 342 g/mol. The van der Waals surface area contributed by atoms with E-state index in [2.05, 4.69) is 5.32 Å². The van der Waals surface area contributed by atoms with Crippen LogP contribution in [0.15, 0.2) is 59.4 Å². The number of hydrogen-bond donors (Lipinski definition) is 1. The molecule has 0 spiro atoms. The molecule has 0 fully saturated rings. The molecule has 6 nitrogen and oxygen atoms in total. The van der Waals surface area contributed by atoms with Crippen LogP contribution in [-0.2, 0) is 29.7 Å². The highest BCUT2D eigenvalue weighted by molar-refractivity contribution is 5.77. The number of benzene rings is 2. The van der Waals surface area contributed by atoms with Gasteiger partial charge in [0, 0.05) is 33.2 Å². The van der Waals surface area contributed by atoms with Gasteiger partial charge in [0.15, 0.2) is 0 Å². The zero-order chi connectivity index (χ0) is 19.1. The van der Waals surface area contributed by atoms with Crippen LogP contribution in [0, 0.1) is 0 Å². The number of hydrogen-bond acceptors (Lipinski definition) is 3. The van der Waals surface area contributed by atoms with E-state index in [1.165, 1.54) is 0 Å². The summed E-state index contributed by atoms with van der Waals surface area (Å²) in [5, 5.41) is 2.88. The molecule has 1 aromatic heterocycles. The molecule has 0 saturated carbocycles. The second-order valence-corrected chi connectivity index (χ2v) is 6.47. The fraction of sp³-hybridized carbons (Fsp3) is 0.333. The first-order valence-corrected chi connectivity index (χ1v) is 9.19. The van der Waals surface area contributed by atoms with Crippen molar-refractivity contribution < 1.29 is 9.53 Å². The van der Waals surface area contributed by atoms with Crippen LogP contribution in [0.5, 0.6) is 0 Å². The monoisotopic (exact) mass is 367 g/mol. The third kappa shape index (κ3) is 4.86. The molecule has 3 aromatic rings. The molecule has 0 aliphatic carbocycles. The van der Waals surface area contributed by atoms with Crippen LogP contribution in [0.3, 0.4) is 0 Å². The number of aromatic nitrogens is 2. The molecule has 0 aliphatic heterocycles. The molecule has 1 N–H and O–H groups in total. The smallest absolute Gasteiger partial charge is 0.328 e. The zero-order valence-corrected chi connectivity index (χ0v) is 15.6. The Kier molecular flexibility index (Phi) is 6.44. The van der Waals surface area contributed by atoms with E-state index in [0.717, 1.165) is 23.0 Å². The summed E-state index contributed by atoms with van der Waals surface area (Å²) in [7, 11) is 1.75. The van der Waals surface area contributed by atoms with Crippen molar-refractivity contribution in [2.75, 3.05) is 13.2 Å². The van der Waals surface area contributed by atoms with E-state index in [1.54, 1.807) is 16.2 Å². The molecule has 2 aromatic carbocycles. The van der Waals surface area contributed by atoms with Crippen LogP contribution in [0.2, 0.25) is 0 Å². The van der Waals surface area contributed by atoms with Crippen molar-refractivity contribution in [1.29, 1.82) is 0 Å². The Hall–Kier alpha value is -2.86. The predicted octanol–water partition coefficient (Wildman–Crippen LogP) is 2.45. The molecule has 6 heteroatoms. The number of amides is 1. The van der Waals surface area contributed by atoms with Gasteiger partial charge in [-0.3, -0.25) is 13.9 Å². The maximum absolute atomic E-state index is 12.3. The quantitative estimate of drug-likeness (QED) is 0.591. The number of rotatable bonds is 9. The molecule has 0 saturated heterocycles. The number of imidazole rings is 1. The van der Waals surface area contributed by atoms with E-state index in [9.17, 15) is 9.59 Å². The fourth-order valence-electron chi connectivity index (χ4n) is 3.05. The lowest BCUT2D eigenvalue weighted by Gasteiger charge is -2.07. The predicted molar refractivity (Wildman–Crippen MR) is 106 cm³/mol. The third-order valence-corrected chi connectivity index (χ3v) is 4.51. The van der Waals surface area contributed by atoms with Crippen molar-refractivity contribution in [3.05, 3.63) is 70.6 Å². The summed E-state index contributed by atoms with van der Waals surface area (Å²) in [6.45, 7) is 2.12. The molecule has 142 valence electrons. The van der Waals surface area contributed by atoms with Crippen molar-refractivity contribution in [3.8, 4) is 0 Å². The van der Waals surface area contributed by atoms with Gasteiger partial charge in [-0.2, -0.15) is 0 Å². The molecule has 0 aliphatic rings. The lowest BCUT2D eigenvalue weighted by Crippen LogP contribution is -2.29. The van der Waals surface area contributed by atoms with Crippen LogP contribution < -0.4 is 11.0 Å². The van der Waals surface area contributed by atoms with E-state index in [4.69, 9.17) is 4.74 Å². The Labute approximate surface area is 158 Å². The minimum Gasteiger partial charge on any atom is -0.377 e. The van der Waals surface area contributed by atoms with Crippen LogP contribution >= 0.6 is 0 Å². The average Bonchev–Trinajstić information content (AvgIpc) is 2.94. The Morgan fingerprint density at radius 2 is 1.74 bits per heavy atom. The van der Waals surface area contributed by atoms with E-state index in [0.29, 0.717) is 26.3 Å². The molecular formula is C21H25N3O3. The summed E-state index contributed by atoms with van der Waals surface area (Å²) < 4.78 is 8.86. The molecule has 1 heterocycles. The Bertz CT molecular complexity index is 944. The average molecular weight is 367 g/mol. The van der Waals surface area contributed by atoms with Gasteiger partial charge < -0.3 is 10.1 Å². The number of ether oxygens (including phenoxy) is 1. The van der Waals surface area contributed by atoms with Gasteiger partial charge in [0.05, 0.1) is 17.6 Å². The highest BCUT2D eigenvalue weighted by Gasteiger charge is 2.11. The van der Waals surface area contributed by atoms with E-state index in [-0.39, 0.29) is 18.0 Å². The first-order chi connectivity index (χ1) is 13.2. The second-order valence-electron chi connectivity index (χ2n) is 6.47. The zero-order valence-electron chi connectivity index (χ0n) is 15.6. The highest BCUT2D eigenvalue weighted by Crippen LogP contribution is 2.11. The minimum atomic E-state index is -0.0988. The van der Waals surface area contributed by atoms with E-state index >= 15 is 0 Å². The molecule has 27 heavy (non-hydrogen) atoms. The van der Waals surface area contributed by atoms with Gasteiger partial charge in [0.25, 0.3) is 0 Å². The maximum Gasteiger partial charge on any atom is 0.328 e. The summed E-state index contributed by atoms with van der Waals surface area (Å²) >= 11 is 0. The summed E-state index contributed by atoms with van der Waals surface area (Å²) in [6, 6.07) is 17.6. The number of carbonyl (C=O) groups is 1. The van der Waals surface area contributed by atoms with Crippen molar-refractivity contribution in [1.82, 2.24) is 14.5 Å². The van der Waals surface area contributed by atoms with Gasteiger partial charge in [0.1, 0.15) is 0 Å². The third-order valence-electron chi connectivity index (χ3n) is 4.51. The van der Waals surface area contributed by atoms with E-state index in [1.807, 2.05) is 54.6 Å². The van der Waals surface area contributed by atoms with Gasteiger partial charge in [-0.05, 0) is 24.1 Å². The fourth-order valence-corrected chi connectivity index (χ4v) is 3.05. The largest absolute Gasteiger partial charge is 0.377 e. The summed E-state index contributed by atoms with van der Waals surface area (Å²) in [4.78, 5) is 24.4. The number of nitrogens with one attached hydrogen (secondary N) is 1. The molecule has 1 amide bonds. The van der Waals surface area contributed by atoms with Crippen molar-refractivity contribution >= 4 is 16.9 Å². The van der Waals surface area contributed by atoms with Crippen LogP contribution in [0.25, 0.3) is 11.0 Å². The number of aryl methyl sites for hydroxylation is 2. The van der Waals surface area contributed by atoms with Gasteiger partial charge in [-0.25, -0.2) is 4.79 Å². The maximum atomic E-state index is 12.3. The Balaban J connectivity index is 1.38. The molecule has 0 bridgehead atoms. The lowest BCUT2D eigenvalue weighted by molar-refractivity contribution is -0.121. The number of carbonyl (C=O) groups excluding carboxylic acids is 1. The van der Waals surface area contributed by atoms with Gasteiger partial charge >= 0.3 is 5.69 Å². The standard InChI is InChI=1S/C21H25N3O3/c1-23-18-10-5-6-11-19(18)24(21(23)26)14-12-20(25)22-13-7-15-27-16-17-8-3-2-4-9-17/h2-6,8-11H,7,12-16H2,1H3,(H,22,25). The van der Waals surface area contributed by atoms with Crippen molar-refractivity contribution in [2.24, 2.45) is 7.05 Å². The lowest BCUT2D eigenvalue weighted by atomic mass is 10.2. The Morgan fingerprint density at radius 3 is 2.52 bits per heavy atom. The van der Waals surface area contributed by atoms with Gasteiger partial charge in [-0.1, -0.05) is 42.5 Å².